The van der Waals surface area contributed by atoms with Gasteiger partial charge in [-0.1, -0.05) is 6.92 Å². The molecule has 1 amide bonds. The summed E-state index contributed by atoms with van der Waals surface area (Å²) in [5, 5.41) is 11.5. The summed E-state index contributed by atoms with van der Waals surface area (Å²) in [6, 6.07) is 1.86. The summed E-state index contributed by atoms with van der Waals surface area (Å²) in [4.78, 5) is 14.6. The molecule has 5 heteroatoms. The maximum atomic E-state index is 12.7. The number of piperidine rings is 1. The molecule has 0 bridgehead atoms. The van der Waals surface area contributed by atoms with Crippen molar-refractivity contribution in [3.05, 3.63) is 23.0 Å². The molecule has 1 aromatic heterocycles. The summed E-state index contributed by atoms with van der Waals surface area (Å²) in [7, 11) is 1.99. The van der Waals surface area contributed by atoms with Crippen LogP contribution in [0.5, 0.6) is 0 Å². The summed E-state index contributed by atoms with van der Waals surface area (Å²) < 4.78 is 0. The molecule has 1 aliphatic heterocycles. The zero-order valence-electron chi connectivity index (χ0n) is 12.9. The Kier molecular flexibility index (Phi) is 4.38. The lowest BCUT2D eigenvalue weighted by molar-refractivity contribution is 0.0660. The predicted octanol–water partition coefficient (Wildman–Crippen LogP) is 1.56. The molecule has 2 heterocycles. The molecule has 0 atom stereocenters. The van der Waals surface area contributed by atoms with Crippen molar-refractivity contribution < 1.29 is 4.79 Å². The van der Waals surface area contributed by atoms with Crippen LogP contribution in [0.1, 0.15) is 48.4 Å². The predicted molar refractivity (Wildman–Crippen MR) is 78.7 cm³/mol. The largest absolute Gasteiger partial charge is 0.338 e. The lowest BCUT2D eigenvalue weighted by Gasteiger charge is -2.39. The Balaban J connectivity index is 2.15. The first-order chi connectivity index (χ1) is 9.49. The van der Waals surface area contributed by atoms with E-state index in [9.17, 15) is 4.79 Å². The zero-order valence-corrected chi connectivity index (χ0v) is 12.9. The molecular formula is C15H24N4O. The van der Waals surface area contributed by atoms with Gasteiger partial charge in [0.2, 0.25) is 0 Å². The zero-order chi connectivity index (χ0) is 14.8. The molecule has 0 aromatic carbocycles. The van der Waals surface area contributed by atoms with Crippen LogP contribution in [0.4, 0.5) is 0 Å². The average Bonchev–Trinajstić information content (AvgIpc) is 2.47. The third kappa shape index (κ3) is 2.98. The van der Waals surface area contributed by atoms with Crippen molar-refractivity contribution in [3.63, 3.8) is 0 Å². The minimum absolute atomic E-state index is 0.0954. The quantitative estimate of drug-likeness (QED) is 0.910. The van der Waals surface area contributed by atoms with Crippen molar-refractivity contribution in [2.24, 2.45) is 0 Å². The number of nitrogens with one attached hydrogen (secondary N) is 1. The minimum atomic E-state index is 0.0954. The first-order valence-electron chi connectivity index (χ1n) is 7.30. The maximum Gasteiger partial charge on any atom is 0.255 e. The van der Waals surface area contributed by atoms with Gasteiger partial charge in [-0.15, -0.1) is 0 Å². The van der Waals surface area contributed by atoms with Crippen molar-refractivity contribution in [1.29, 1.82) is 0 Å². The monoisotopic (exact) mass is 276 g/mol. The van der Waals surface area contributed by atoms with E-state index < -0.39 is 0 Å². The molecule has 0 spiro atoms. The maximum absolute atomic E-state index is 12.7. The van der Waals surface area contributed by atoms with Crippen LogP contribution in [0.15, 0.2) is 6.07 Å². The Bertz CT molecular complexity index is 493. The lowest BCUT2D eigenvalue weighted by Crippen LogP contribution is -2.51. The summed E-state index contributed by atoms with van der Waals surface area (Å²) >= 11 is 0. The van der Waals surface area contributed by atoms with E-state index in [0.29, 0.717) is 5.56 Å². The van der Waals surface area contributed by atoms with E-state index in [4.69, 9.17) is 0 Å². The Morgan fingerprint density at radius 2 is 2.05 bits per heavy atom. The highest BCUT2D eigenvalue weighted by Crippen LogP contribution is 2.23. The van der Waals surface area contributed by atoms with Crippen molar-refractivity contribution in [2.75, 3.05) is 20.1 Å². The van der Waals surface area contributed by atoms with E-state index in [1.807, 2.05) is 31.9 Å². The Morgan fingerprint density at radius 1 is 1.40 bits per heavy atom. The molecule has 0 radical (unpaired) electrons. The fourth-order valence-corrected chi connectivity index (χ4v) is 2.58. The standard InChI is InChI=1S/C15H24N4O/c1-5-13-12(10-11(2)17-18-13)14(20)19-8-6-15(3,16-4)7-9-19/h10,16H,5-9H2,1-4H3. The highest BCUT2D eigenvalue weighted by Gasteiger charge is 2.31. The van der Waals surface area contributed by atoms with Crippen LogP contribution in [-0.2, 0) is 6.42 Å². The molecule has 1 saturated heterocycles. The molecular weight excluding hydrogens is 252 g/mol. The number of hydrogen-bond donors (Lipinski definition) is 1. The van der Waals surface area contributed by atoms with Crippen molar-refractivity contribution in [3.8, 4) is 0 Å². The van der Waals surface area contributed by atoms with Gasteiger partial charge in [0.05, 0.1) is 17.0 Å². The number of likely N-dealkylation sites (tertiary alicyclic amines) is 1. The molecule has 0 aliphatic carbocycles. The summed E-state index contributed by atoms with van der Waals surface area (Å²) in [6.07, 6.45) is 2.69. The second kappa shape index (κ2) is 5.87. The third-order valence-electron chi connectivity index (χ3n) is 4.32. The van der Waals surface area contributed by atoms with Gasteiger partial charge in [0.25, 0.3) is 5.91 Å². The van der Waals surface area contributed by atoms with E-state index in [2.05, 4.69) is 22.4 Å². The molecule has 1 aliphatic rings. The molecule has 1 aromatic rings. The van der Waals surface area contributed by atoms with E-state index >= 15 is 0 Å². The normalized spacial score (nSPS) is 18.1. The van der Waals surface area contributed by atoms with Crippen LogP contribution in [0.3, 0.4) is 0 Å². The lowest BCUT2D eigenvalue weighted by atomic mass is 9.89. The van der Waals surface area contributed by atoms with Gasteiger partial charge < -0.3 is 10.2 Å². The number of rotatable bonds is 3. The van der Waals surface area contributed by atoms with E-state index in [0.717, 1.165) is 43.7 Å². The first-order valence-corrected chi connectivity index (χ1v) is 7.30. The number of amides is 1. The summed E-state index contributed by atoms with van der Waals surface area (Å²) in [5.41, 5.74) is 2.45. The van der Waals surface area contributed by atoms with Crippen molar-refractivity contribution in [1.82, 2.24) is 20.4 Å². The molecule has 5 nitrogen and oxygen atoms in total. The summed E-state index contributed by atoms with van der Waals surface area (Å²) in [6.45, 7) is 7.67. The first kappa shape index (κ1) is 14.9. The van der Waals surface area contributed by atoms with Crippen LogP contribution in [0, 0.1) is 6.92 Å². The average molecular weight is 276 g/mol. The second-order valence-electron chi connectivity index (χ2n) is 5.80. The Hall–Kier alpha value is -1.49. The Morgan fingerprint density at radius 3 is 2.60 bits per heavy atom. The summed E-state index contributed by atoms with van der Waals surface area (Å²) in [5.74, 6) is 0.0954. The SMILES string of the molecule is CCc1nnc(C)cc1C(=O)N1CCC(C)(NC)CC1. The number of hydrogen-bond acceptors (Lipinski definition) is 4. The van der Waals surface area contributed by atoms with Crippen LogP contribution in [0.25, 0.3) is 0 Å². The van der Waals surface area contributed by atoms with Crippen LogP contribution in [0.2, 0.25) is 0 Å². The second-order valence-corrected chi connectivity index (χ2v) is 5.80. The number of aryl methyl sites for hydroxylation is 2. The topological polar surface area (TPSA) is 58.1 Å². The van der Waals surface area contributed by atoms with Crippen LogP contribution in [-0.4, -0.2) is 46.7 Å². The molecule has 0 saturated carbocycles. The minimum Gasteiger partial charge on any atom is -0.338 e. The van der Waals surface area contributed by atoms with Gasteiger partial charge in [-0.2, -0.15) is 10.2 Å². The number of nitrogens with zero attached hydrogens (tertiary/aromatic N) is 3. The van der Waals surface area contributed by atoms with Crippen LogP contribution < -0.4 is 5.32 Å². The van der Waals surface area contributed by atoms with Gasteiger partial charge in [0, 0.05) is 18.6 Å². The highest BCUT2D eigenvalue weighted by molar-refractivity contribution is 5.95. The van der Waals surface area contributed by atoms with Gasteiger partial charge >= 0.3 is 0 Å². The number of carbonyl (C=O) groups excluding carboxylic acids is 1. The molecule has 0 unspecified atom stereocenters. The smallest absolute Gasteiger partial charge is 0.255 e. The molecule has 110 valence electrons. The number of carbonyl (C=O) groups is 1. The Labute approximate surface area is 120 Å². The third-order valence-corrected chi connectivity index (χ3v) is 4.32. The molecule has 2 rings (SSSR count). The van der Waals surface area contributed by atoms with Gasteiger partial charge in [0.15, 0.2) is 0 Å². The molecule has 1 N–H and O–H groups in total. The van der Waals surface area contributed by atoms with Gasteiger partial charge in [-0.25, -0.2) is 0 Å². The van der Waals surface area contributed by atoms with Crippen molar-refractivity contribution >= 4 is 5.91 Å². The van der Waals surface area contributed by atoms with Crippen LogP contribution >= 0.6 is 0 Å². The van der Waals surface area contributed by atoms with Crippen molar-refractivity contribution in [2.45, 2.75) is 45.6 Å². The van der Waals surface area contributed by atoms with Gasteiger partial charge in [-0.05, 0) is 46.2 Å². The van der Waals surface area contributed by atoms with E-state index in [-0.39, 0.29) is 11.4 Å². The molecule has 20 heavy (non-hydrogen) atoms. The number of aromatic nitrogens is 2. The fourth-order valence-electron chi connectivity index (χ4n) is 2.58. The fraction of sp³-hybridized carbons (Fsp3) is 0.667. The highest BCUT2D eigenvalue weighted by atomic mass is 16.2. The van der Waals surface area contributed by atoms with E-state index in [1.54, 1.807) is 0 Å². The van der Waals surface area contributed by atoms with E-state index in [1.165, 1.54) is 0 Å². The van der Waals surface area contributed by atoms with Gasteiger partial charge in [0.1, 0.15) is 0 Å². The van der Waals surface area contributed by atoms with Gasteiger partial charge in [-0.3, -0.25) is 4.79 Å². The molecule has 1 fully saturated rings.